The zero-order valence-electron chi connectivity index (χ0n) is 23.4. The Labute approximate surface area is 252 Å². The molecule has 1 saturated carbocycles. The highest BCUT2D eigenvalue weighted by Gasteiger charge is 2.34. The molecule has 0 bridgehead atoms. The fourth-order valence-electron chi connectivity index (χ4n) is 5.38. The average molecular weight is 605 g/mol. The number of ether oxygens (including phenoxy) is 2. The van der Waals surface area contributed by atoms with Gasteiger partial charge in [0.15, 0.2) is 11.5 Å². The Bertz CT molecular complexity index is 1540. The quantitative estimate of drug-likeness (QED) is 0.332. The molecule has 2 fully saturated rings. The lowest BCUT2D eigenvalue weighted by Crippen LogP contribution is -2.36. The number of fused-ring (bicyclic) bond motifs is 1. The van der Waals surface area contributed by atoms with Crippen LogP contribution in [-0.2, 0) is 9.59 Å². The van der Waals surface area contributed by atoms with Crippen molar-refractivity contribution in [1.29, 1.82) is 0 Å². The molecule has 3 aliphatic rings. The van der Waals surface area contributed by atoms with Gasteiger partial charge in [-0.25, -0.2) is 0 Å². The third kappa shape index (κ3) is 6.59. The van der Waals surface area contributed by atoms with Crippen LogP contribution in [0.3, 0.4) is 0 Å². The summed E-state index contributed by atoms with van der Waals surface area (Å²) < 4.78 is 10.8. The van der Waals surface area contributed by atoms with Crippen molar-refractivity contribution in [3.05, 3.63) is 69.9 Å². The lowest BCUT2D eigenvalue weighted by atomic mass is 10.1. The van der Waals surface area contributed by atoms with E-state index in [0.29, 0.717) is 48.9 Å². The van der Waals surface area contributed by atoms with Gasteiger partial charge in [-0.2, -0.15) is 0 Å². The van der Waals surface area contributed by atoms with Gasteiger partial charge in [-0.3, -0.25) is 19.2 Å². The first-order valence-electron chi connectivity index (χ1n) is 14.3. The minimum absolute atomic E-state index is 0.0886. The predicted octanol–water partition coefficient (Wildman–Crippen LogP) is 4.12. The van der Waals surface area contributed by atoms with Gasteiger partial charge in [0.1, 0.15) is 0 Å². The van der Waals surface area contributed by atoms with E-state index >= 15 is 0 Å². The predicted molar refractivity (Wildman–Crippen MR) is 160 cm³/mol. The van der Waals surface area contributed by atoms with E-state index in [4.69, 9.17) is 9.47 Å². The number of hydrogen-bond donors (Lipinski definition) is 3. The smallest absolute Gasteiger partial charge is 0.305 e. The van der Waals surface area contributed by atoms with Crippen LogP contribution >= 0.6 is 11.3 Å². The van der Waals surface area contributed by atoms with Gasteiger partial charge < -0.3 is 35.0 Å². The molecule has 1 aromatic heterocycles. The zero-order chi connectivity index (χ0) is 29.9. The summed E-state index contributed by atoms with van der Waals surface area (Å²) in [4.78, 5) is 55.8. The molecule has 1 saturated heterocycles. The number of carbonyl (C=O) groups is 4. The standard InChI is InChI=1S/C31H32N4O7S/c36-28(37)17-23(27-3-1-14-43-27)33-29(38)20-6-8-24(34-10-2-11-35(13-12-34)31(40)19-4-5-19)22(15-20)32-30(39)21-7-9-25-26(16-21)42-18-41-25/h1,3,6-9,14-16,19,23H,2,4-5,10-13,17-18H2,(H,32,39)(H,33,38)(H,36,37). The first kappa shape index (κ1) is 28.5. The lowest BCUT2D eigenvalue weighted by Gasteiger charge is -2.27. The third-order valence-electron chi connectivity index (χ3n) is 7.79. The molecule has 3 aromatic rings. The number of thiophene rings is 1. The second kappa shape index (κ2) is 12.3. The van der Waals surface area contributed by atoms with Gasteiger partial charge in [0, 0.05) is 48.1 Å². The van der Waals surface area contributed by atoms with Crippen molar-refractivity contribution in [1.82, 2.24) is 10.2 Å². The summed E-state index contributed by atoms with van der Waals surface area (Å²) in [6.07, 6.45) is 2.42. The highest BCUT2D eigenvalue weighted by molar-refractivity contribution is 7.10. The van der Waals surface area contributed by atoms with Gasteiger partial charge in [0.25, 0.3) is 11.8 Å². The molecule has 3 heterocycles. The van der Waals surface area contributed by atoms with E-state index in [1.807, 2.05) is 10.3 Å². The molecule has 1 aliphatic carbocycles. The lowest BCUT2D eigenvalue weighted by molar-refractivity contribution is -0.137. The molecule has 43 heavy (non-hydrogen) atoms. The van der Waals surface area contributed by atoms with E-state index < -0.39 is 17.9 Å². The Balaban J connectivity index is 1.26. The molecule has 0 spiro atoms. The van der Waals surface area contributed by atoms with E-state index in [0.717, 1.165) is 29.8 Å². The molecule has 1 atom stereocenters. The Morgan fingerprint density at radius 1 is 0.930 bits per heavy atom. The molecule has 2 aliphatic heterocycles. The van der Waals surface area contributed by atoms with Crippen LogP contribution in [0, 0.1) is 5.92 Å². The minimum atomic E-state index is -1.03. The van der Waals surface area contributed by atoms with Crippen LogP contribution in [0.5, 0.6) is 11.5 Å². The molecule has 3 amide bonds. The maximum atomic E-state index is 13.4. The van der Waals surface area contributed by atoms with Crippen molar-refractivity contribution in [3.63, 3.8) is 0 Å². The maximum absolute atomic E-state index is 13.4. The van der Waals surface area contributed by atoms with Crippen LogP contribution in [0.1, 0.15) is 57.3 Å². The number of carboxylic acid groups (broad SMARTS) is 1. The Hall–Kier alpha value is -4.58. The molecule has 3 N–H and O–H groups in total. The molecule has 224 valence electrons. The van der Waals surface area contributed by atoms with Crippen LogP contribution in [0.25, 0.3) is 0 Å². The van der Waals surface area contributed by atoms with Crippen LogP contribution in [0.2, 0.25) is 0 Å². The third-order valence-corrected chi connectivity index (χ3v) is 8.77. The number of nitrogens with zero attached hydrogens (tertiary/aromatic N) is 2. The first-order valence-corrected chi connectivity index (χ1v) is 15.2. The van der Waals surface area contributed by atoms with E-state index in [9.17, 15) is 24.3 Å². The Kier molecular flexibility index (Phi) is 8.19. The second-order valence-electron chi connectivity index (χ2n) is 10.8. The number of carbonyl (C=O) groups excluding carboxylic acids is 3. The summed E-state index contributed by atoms with van der Waals surface area (Å²) >= 11 is 1.37. The number of amides is 3. The largest absolute Gasteiger partial charge is 0.481 e. The van der Waals surface area contributed by atoms with Crippen LogP contribution in [-0.4, -0.2) is 66.7 Å². The van der Waals surface area contributed by atoms with Crippen molar-refractivity contribution in [2.75, 3.05) is 43.2 Å². The summed E-state index contributed by atoms with van der Waals surface area (Å²) in [5.74, 6) is -0.464. The highest BCUT2D eigenvalue weighted by atomic mass is 32.1. The van der Waals surface area contributed by atoms with Gasteiger partial charge in [-0.1, -0.05) is 6.07 Å². The van der Waals surface area contributed by atoms with Gasteiger partial charge in [0.2, 0.25) is 12.7 Å². The maximum Gasteiger partial charge on any atom is 0.305 e. The Morgan fingerprint density at radius 2 is 1.72 bits per heavy atom. The Morgan fingerprint density at radius 3 is 2.49 bits per heavy atom. The van der Waals surface area contributed by atoms with Gasteiger partial charge in [0.05, 0.1) is 23.8 Å². The van der Waals surface area contributed by atoms with Crippen LogP contribution in [0.15, 0.2) is 53.9 Å². The molecule has 1 unspecified atom stereocenters. The van der Waals surface area contributed by atoms with Crippen molar-refractivity contribution in [3.8, 4) is 11.5 Å². The molecule has 0 radical (unpaired) electrons. The van der Waals surface area contributed by atoms with Crippen molar-refractivity contribution in [2.24, 2.45) is 5.92 Å². The molecular formula is C31H32N4O7S. The first-order chi connectivity index (χ1) is 20.9. The minimum Gasteiger partial charge on any atom is -0.481 e. The molecule has 6 rings (SSSR count). The molecular weight excluding hydrogens is 572 g/mol. The summed E-state index contributed by atoms with van der Waals surface area (Å²) in [5.41, 5.74) is 1.80. The second-order valence-corrected chi connectivity index (χ2v) is 11.8. The number of carboxylic acids is 1. The number of aliphatic carboxylic acids is 1. The summed E-state index contributed by atoms with van der Waals surface area (Å²) in [6.45, 7) is 2.59. The van der Waals surface area contributed by atoms with Crippen LogP contribution in [0.4, 0.5) is 11.4 Å². The van der Waals surface area contributed by atoms with Crippen molar-refractivity contribution >= 4 is 46.4 Å². The van der Waals surface area contributed by atoms with E-state index in [1.165, 1.54) is 11.3 Å². The fourth-order valence-corrected chi connectivity index (χ4v) is 6.16. The van der Waals surface area contributed by atoms with Gasteiger partial charge >= 0.3 is 5.97 Å². The number of benzene rings is 2. The van der Waals surface area contributed by atoms with Crippen molar-refractivity contribution in [2.45, 2.75) is 31.7 Å². The monoisotopic (exact) mass is 604 g/mol. The van der Waals surface area contributed by atoms with Crippen LogP contribution < -0.4 is 25.0 Å². The van der Waals surface area contributed by atoms with E-state index in [1.54, 1.807) is 48.5 Å². The summed E-state index contributed by atoms with van der Waals surface area (Å²) in [6, 6.07) is 12.9. The number of anilines is 2. The summed E-state index contributed by atoms with van der Waals surface area (Å²) in [7, 11) is 0. The average Bonchev–Trinajstić information content (AvgIpc) is 3.58. The topological polar surface area (TPSA) is 138 Å². The number of rotatable bonds is 9. The highest BCUT2D eigenvalue weighted by Crippen LogP contribution is 2.35. The molecule has 2 aromatic carbocycles. The normalized spacial score (nSPS) is 16.7. The number of nitrogens with one attached hydrogen (secondary N) is 2. The van der Waals surface area contributed by atoms with Gasteiger partial charge in [-0.05, 0) is 67.1 Å². The SMILES string of the molecule is O=C(O)CC(NC(=O)c1ccc(N2CCCN(C(=O)C3CC3)CC2)c(NC(=O)c2ccc3c(c2)OCO3)c1)c1cccs1. The van der Waals surface area contributed by atoms with Gasteiger partial charge in [-0.15, -0.1) is 11.3 Å². The summed E-state index contributed by atoms with van der Waals surface area (Å²) in [5, 5.41) is 17.1. The zero-order valence-corrected chi connectivity index (χ0v) is 24.2. The van der Waals surface area contributed by atoms with E-state index in [2.05, 4.69) is 15.5 Å². The van der Waals surface area contributed by atoms with Crippen molar-refractivity contribution < 1.29 is 33.8 Å². The molecule has 11 nitrogen and oxygen atoms in total. The fraction of sp³-hybridized carbons (Fsp3) is 0.355. The number of hydrogen-bond acceptors (Lipinski definition) is 8. The molecule has 12 heteroatoms. The van der Waals surface area contributed by atoms with E-state index in [-0.39, 0.29) is 36.5 Å².